The Morgan fingerprint density at radius 1 is 1.20 bits per heavy atom. The summed E-state index contributed by atoms with van der Waals surface area (Å²) >= 11 is 3.17. The van der Waals surface area contributed by atoms with Gasteiger partial charge < -0.3 is 0 Å². The first-order valence-corrected chi connectivity index (χ1v) is 6.26. The van der Waals surface area contributed by atoms with E-state index >= 15 is 0 Å². The number of rotatable bonds is 3. The predicted molar refractivity (Wildman–Crippen MR) is 65.0 cm³/mol. The van der Waals surface area contributed by atoms with Crippen molar-refractivity contribution in [3.63, 3.8) is 0 Å². The molecular formula is C12H10OS2. The normalized spacial score (nSPS) is 10.2. The van der Waals surface area contributed by atoms with Gasteiger partial charge in [0.05, 0.1) is 4.88 Å². The zero-order valence-corrected chi connectivity index (χ0v) is 9.90. The standard InChI is InChI=1S/C12H10OS2/c1-9-2-4-10(5-3-9)15-12-6-11(7-13)14-8-12/h2-8H,1H3. The molecule has 0 atom stereocenters. The smallest absolute Gasteiger partial charge is 0.160 e. The van der Waals surface area contributed by atoms with Crippen LogP contribution in [0.15, 0.2) is 45.5 Å². The highest BCUT2D eigenvalue weighted by Crippen LogP contribution is 2.30. The van der Waals surface area contributed by atoms with Gasteiger partial charge in [0.1, 0.15) is 0 Å². The van der Waals surface area contributed by atoms with E-state index in [-0.39, 0.29) is 0 Å². The molecule has 0 aliphatic carbocycles. The molecule has 0 spiro atoms. The maximum Gasteiger partial charge on any atom is 0.160 e. The van der Waals surface area contributed by atoms with Gasteiger partial charge in [-0.15, -0.1) is 11.3 Å². The average molecular weight is 234 g/mol. The summed E-state index contributed by atoms with van der Waals surface area (Å²) in [7, 11) is 0. The quantitative estimate of drug-likeness (QED) is 0.746. The molecule has 2 rings (SSSR count). The summed E-state index contributed by atoms with van der Waals surface area (Å²) in [5.74, 6) is 0. The summed E-state index contributed by atoms with van der Waals surface area (Å²) in [6.07, 6.45) is 0.893. The van der Waals surface area contributed by atoms with Gasteiger partial charge in [-0.1, -0.05) is 29.5 Å². The molecule has 0 saturated heterocycles. The van der Waals surface area contributed by atoms with Crippen LogP contribution in [0.1, 0.15) is 15.2 Å². The van der Waals surface area contributed by atoms with Crippen LogP contribution in [-0.4, -0.2) is 6.29 Å². The summed E-state index contributed by atoms with van der Waals surface area (Å²) in [6, 6.07) is 10.3. The monoisotopic (exact) mass is 234 g/mol. The van der Waals surface area contributed by atoms with Crippen molar-refractivity contribution >= 4 is 29.4 Å². The van der Waals surface area contributed by atoms with Gasteiger partial charge in [0, 0.05) is 15.2 Å². The van der Waals surface area contributed by atoms with Gasteiger partial charge in [0.25, 0.3) is 0 Å². The van der Waals surface area contributed by atoms with E-state index < -0.39 is 0 Å². The highest BCUT2D eigenvalue weighted by Gasteiger charge is 2.00. The van der Waals surface area contributed by atoms with Crippen LogP contribution in [0.25, 0.3) is 0 Å². The Labute approximate surface area is 97.1 Å². The first-order valence-electron chi connectivity index (χ1n) is 4.56. The number of carbonyl (C=O) groups is 1. The minimum absolute atomic E-state index is 0.782. The van der Waals surface area contributed by atoms with Gasteiger partial charge in [-0.25, -0.2) is 0 Å². The van der Waals surface area contributed by atoms with Crippen molar-refractivity contribution in [2.75, 3.05) is 0 Å². The van der Waals surface area contributed by atoms with Gasteiger partial charge in [-0.2, -0.15) is 0 Å². The molecule has 0 unspecified atom stereocenters. The third-order valence-corrected chi connectivity index (χ3v) is 3.96. The van der Waals surface area contributed by atoms with Crippen molar-refractivity contribution in [1.82, 2.24) is 0 Å². The van der Waals surface area contributed by atoms with Crippen molar-refractivity contribution in [3.05, 3.63) is 46.2 Å². The SMILES string of the molecule is Cc1ccc(Sc2csc(C=O)c2)cc1. The zero-order chi connectivity index (χ0) is 10.7. The largest absolute Gasteiger partial charge is 0.297 e. The fourth-order valence-electron chi connectivity index (χ4n) is 1.19. The van der Waals surface area contributed by atoms with Crippen molar-refractivity contribution in [2.45, 2.75) is 16.7 Å². The minimum atomic E-state index is 0.782. The second-order valence-corrected chi connectivity index (χ2v) is 5.31. The number of aldehydes is 1. The van der Waals surface area contributed by atoms with Crippen LogP contribution in [0.5, 0.6) is 0 Å². The van der Waals surface area contributed by atoms with E-state index in [1.165, 1.54) is 21.8 Å². The number of benzene rings is 1. The van der Waals surface area contributed by atoms with Crippen molar-refractivity contribution in [1.29, 1.82) is 0 Å². The highest BCUT2D eigenvalue weighted by atomic mass is 32.2. The van der Waals surface area contributed by atoms with Crippen LogP contribution in [0.2, 0.25) is 0 Å². The minimum Gasteiger partial charge on any atom is -0.297 e. The lowest BCUT2D eigenvalue weighted by atomic mass is 10.2. The first kappa shape index (κ1) is 10.5. The zero-order valence-electron chi connectivity index (χ0n) is 8.27. The average Bonchev–Trinajstić information content (AvgIpc) is 2.69. The molecule has 1 heterocycles. The lowest BCUT2D eigenvalue weighted by Gasteiger charge is -1.98. The third-order valence-electron chi connectivity index (χ3n) is 1.97. The van der Waals surface area contributed by atoms with Gasteiger partial charge in [0.15, 0.2) is 6.29 Å². The molecule has 0 aliphatic heterocycles. The number of hydrogen-bond donors (Lipinski definition) is 0. The van der Waals surface area contributed by atoms with Gasteiger partial charge in [0.2, 0.25) is 0 Å². The Bertz CT molecular complexity index is 457. The lowest BCUT2D eigenvalue weighted by Crippen LogP contribution is -1.73. The van der Waals surface area contributed by atoms with E-state index in [1.807, 2.05) is 11.4 Å². The Hall–Kier alpha value is -1.06. The number of hydrogen-bond acceptors (Lipinski definition) is 3. The fourth-order valence-corrected chi connectivity index (χ4v) is 2.90. The number of aryl methyl sites for hydroxylation is 1. The molecule has 15 heavy (non-hydrogen) atoms. The van der Waals surface area contributed by atoms with E-state index in [4.69, 9.17) is 0 Å². The van der Waals surface area contributed by atoms with Crippen LogP contribution >= 0.6 is 23.1 Å². The summed E-state index contributed by atoms with van der Waals surface area (Å²) in [5.41, 5.74) is 1.26. The molecule has 0 fully saturated rings. The molecular weight excluding hydrogens is 224 g/mol. The summed E-state index contributed by atoms with van der Waals surface area (Å²) in [4.78, 5) is 13.6. The maximum atomic E-state index is 10.5. The van der Waals surface area contributed by atoms with E-state index in [0.717, 1.165) is 16.1 Å². The van der Waals surface area contributed by atoms with Crippen LogP contribution in [0, 0.1) is 6.92 Å². The van der Waals surface area contributed by atoms with Crippen LogP contribution in [-0.2, 0) is 0 Å². The molecule has 3 heteroatoms. The molecule has 0 bridgehead atoms. The molecule has 2 aromatic rings. The molecule has 1 aromatic heterocycles. The molecule has 0 N–H and O–H groups in total. The maximum absolute atomic E-state index is 10.5. The van der Waals surface area contributed by atoms with E-state index in [1.54, 1.807) is 11.8 Å². The highest BCUT2D eigenvalue weighted by molar-refractivity contribution is 7.99. The second kappa shape index (κ2) is 4.64. The van der Waals surface area contributed by atoms with Crippen molar-refractivity contribution < 1.29 is 4.79 Å². The molecule has 1 aromatic carbocycles. The first-order chi connectivity index (χ1) is 7.28. The topological polar surface area (TPSA) is 17.1 Å². The third kappa shape index (κ3) is 2.70. The van der Waals surface area contributed by atoms with Crippen molar-refractivity contribution in [3.8, 4) is 0 Å². The van der Waals surface area contributed by atoms with E-state index in [9.17, 15) is 4.79 Å². The molecule has 76 valence electrons. The Kier molecular flexibility index (Phi) is 3.23. The predicted octanol–water partition coefficient (Wildman–Crippen LogP) is 4.02. The van der Waals surface area contributed by atoms with Gasteiger partial charge >= 0.3 is 0 Å². The Balaban J connectivity index is 2.14. The second-order valence-electron chi connectivity index (χ2n) is 3.22. The molecule has 0 aliphatic rings. The van der Waals surface area contributed by atoms with Gasteiger partial charge in [-0.05, 0) is 25.1 Å². The molecule has 0 radical (unpaired) electrons. The van der Waals surface area contributed by atoms with Gasteiger partial charge in [-0.3, -0.25) is 4.79 Å². The fraction of sp³-hybridized carbons (Fsp3) is 0.0833. The lowest BCUT2D eigenvalue weighted by molar-refractivity contribution is 0.112. The molecule has 1 nitrogen and oxygen atoms in total. The number of carbonyl (C=O) groups excluding carboxylic acids is 1. The van der Waals surface area contributed by atoms with Crippen LogP contribution < -0.4 is 0 Å². The number of thiophene rings is 1. The van der Waals surface area contributed by atoms with E-state index in [2.05, 4.69) is 31.2 Å². The van der Waals surface area contributed by atoms with Crippen LogP contribution in [0.3, 0.4) is 0 Å². The van der Waals surface area contributed by atoms with Crippen LogP contribution in [0.4, 0.5) is 0 Å². The summed E-state index contributed by atoms with van der Waals surface area (Å²) in [6.45, 7) is 2.07. The Morgan fingerprint density at radius 3 is 2.53 bits per heavy atom. The van der Waals surface area contributed by atoms with E-state index in [0.29, 0.717) is 0 Å². The molecule has 0 saturated carbocycles. The Morgan fingerprint density at radius 2 is 1.93 bits per heavy atom. The molecule has 0 amide bonds. The summed E-state index contributed by atoms with van der Waals surface area (Å²) in [5, 5.41) is 2.01. The van der Waals surface area contributed by atoms with Crippen molar-refractivity contribution in [2.24, 2.45) is 0 Å². The summed E-state index contributed by atoms with van der Waals surface area (Å²) < 4.78 is 0.